The van der Waals surface area contributed by atoms with Crippen LogP contribution in [0.3, 0.4) is 0 Å². The summed E-state index contributed by atoms with van der Waals surface area (Å²) in [6.45, 7) is 6.59. The van der Waals surface area contributed by atoms with Gasteiger partial charge in [0.25, 0.3) is 0 Å². The highest BCUT2D eigenvalue weighted by molar-refractivity contribution is 5.97. The third-order valence-corrected chi connectivity index (χ3v) is 8.20. The highest BCUT2D eigenvalue weighted by Gasteiger charge is 2.24. The molecule has 7 rings (SSSR count). The molecule has 0 bridgehead atoms. The van der Waals surface area contributed by atoms with Gasteiger partial charge in [-0.05, 0) is 70.6 Å². The topological polar surface area (TPSA) is 50.9 Å². The number of rotatable bonds is 5. The van der Waals surface area contributed by atoms with Crippen LogP contribution in [0.2, 0.25) is 0 Å². The summed E-state index contributed by atoms with van der Waals surface area (Å²) in [4.78, 5) is 9.82. The molecule has 2 heterocycles. The highest BCUT2D eigenvalue weighted by Crippen LogP contribution is 2.41. The SMILES string of the molecule is CC(C)(C)c1cc(-c2ccccn2)cc(-c2cccc3c2nc(-c2ccccc2O)n3-c2c(F)cccc2-c2ccccc2)c1. The second-order valence-corrected chi connectivity index (χ2v) is 12.2. The number of pyridine rings is 1. The van der Waals surface area contributed by atoms with E-state index in [4.69, 9.17) is 4.98 Å². The molecule has 1 N–H and O–H groups in total. The first-order valence-corrected chi connectivity index (χ1v) is 15.0. The number of phenolic OH excluding ortho intramolecular Hbond substituents is 1. The van der Waals surface area contributed by atoms with Crippen molar-refractivity contribution in [2.24, 2.45) is 0 Å². The van der Waals surface area contributed by atoms with Crippen LogP contribution in [-0.2, 0) is 5.41 Å². The first kappa shape index (κ1) is 28.2. The molecule has 2 aromatic heterocycles. The number of imidazole rings is 1. The molecule has 0 amide bonds. The standard InChI is InChI=1S/C40H32FN3O/c1-40(2,3)29-24-27(23-28(25-29)34-19-9-10-22-42-34)30-16-12-20-35-37(30)43-39(32-15-7-8-21-36(32)45)44(35)38-31(17-11-18-33(38)41)26-13-5-4-6-14-26/h4-25,45H,1-3H3. The number of nitrogens with zero attached hydrogens (tertiary/aromatic N) is 3. The lowest BCUT2D eigenvalue weighted by Gasteiger charge is -2.21. The van der Waals surface area contributed by atoms with Crippen molar-refractivity contribution in [2.75, 3.05) is 0 Å². The zero-order valence-electron chi connectivity index (χ0n) is 25.4. The lowest BCUT2D eigenvalue weighted by Crippen LogP contribution is -2.11. The third kappa shape index (κ3) is 5.17. The number of fused-ring (bicyclic) bond motifs is 1. The number of hydrogen-bond donors (Lipinski definition) is 1. The molecule has 5 aromatic carbocycles. The largest absolute Gasteiger partial charge is 0.507 e. The van der Waals surface area contributed by atoms with Crippen molar-refractivity contribution in [1.29, 1.82) is 0 Å². The second kappa shape index (κ2) is 11.2. The molecule has 0 fully saturated rings. The Morgan fingerprint density at radius 2 is 1.33 bits per heavy atom. The van der Waals surface area contributed by atoms with E-state index in [-0.39, 0.29) is 17.0 Å². The van der Waals surface area contributed by atoms with E-state index in [1.807, 2.05) is 83.4 Å². The van der Waals surface area contributed by atoms with Gasteiger partial charge in [0, 0.05) is 22.9 Å². The fourth-order valence-corrected chi connectivity index (χ4v) is 5.89. The minimum Gasteiger partial charge on any atom is -0.507 e. The van der Waals surface area contributed by atoms with E-state index >= 15 is 4.39 Å². The number of halogens is 1. The summed E-state index contributed by atoms with van der Waals surface area (Å²) in [5, 5.41) is 11.0. The van der Waals surface area contributed by atoms with E-state index < -0.39 is 0 Å². The molecule has 0 aliphatic heterocycles. The van der Waals surface area contributed by atoms with Gasteiger partial charge in [0.15, 0.2) is 0 Å². The van der Waals surface area contributed by atoms with E-state index in [2.05, 4.69) is 50.0 Å². The molecule has 0 radical (unpaired) electrons. The maximum atomic E-state index is 16.2. The van der Waals surface area contributed by atoms with Crippen molar-refractivity contribution >= 4 is 11.0 Å². The second-order valence-electron chi connectivity index (χ2n) is 12.2. The van der Waals surface area contributed by atoms with Gasteiger partial charge in [-0.2, -0.15) is 0 Å². The number of aromatic nitrogens is 3. The molecule has 4 nitrogen and oxygen atoms in total. The van der Waals surface area contributed by atoms with Crippen molar-refractivity contribution in [2.45, 2.75) is 26.2 Å². The lowest BCUT2D eigenvalue weighted by molar-refractivity contribution is 0.477. The van der Waals surface area contributed by atoms with Crippen LogP contribution in [0.4, 0.5) is 4.39 Å². The Kier molecular flexibility index (Phi) is 7.01. The molecule has 0 aliphatic carbocycles. The Morgan fingerprint density at radius 1 is 0.644 bits per heavy atom. The molecule has 0 atom stereocenters. The van der Waals surface area contributed by atoms with Gasteiger partial charge in [0.2, 0.25) is 0 Å². The van der Waals surface area contributed by atoms with Crippen LogP contribution < -0.4 is 0 Å². The maximum Gasteiger partial charge on any atom is 0.149 e. The van der Waals surface area contributed by atoms with Crippen LogP contribution in [0.1, 0.15) is 26.3 Å². The van der Waals surface area contributed by atoms with Crippen LogP contribution in [0.5, 0.6) is 5.75 Å². The summed E-state index contributed by atoms with van der Waals surface area (Å²) in [6, 6.07) is 40.4. The zero-order chi connectivity index (χ0) is 31.1. The van der Waals surface area contributed by atoms with E-state index in [1.165, 1.54) is 11.6 Å². The van der Waals surface area contributed by atoms with Gasteiger partial charge in [0.05, 0.1) is 28.0 Å². The Balaban J connectivity index is 1.56. The molecule has 220 valence electrons. The Hall–Kier alpha value is -5.55. The summed E-state index contributed by atoms with van der Waals surface area (Å²) in [5.74, 6) is 0.139. The van der Waals surface area contributed by atoms with Gasteiger partial charge in [-0.15, -0.1) is 0 Å². The summed E-state index contributed by atoms with van der Waals surface area (Å²) in [7, 11) is 0. The Labute approximate surface area is 262 Å². The van der Waals surface area contributed by atoms with E-state index in [1.54, 1.807) is 24.4 Å². The molecule has 0 spiro atoms. The quantitative estimate of drug-likeness (QED) is 0.217. The van der Waals surface area contributed by atoms with Crippen molar-refractivity contribution < 1.29 is 9.50 Å². The lowest BCUT2D eigenvalue weighted by atomic mass is 9.83. The van der Waals surface area contributed by atoms with Crippen molar-refractivity contribution in [1.82, 2.24) is 14.5 Å². The average Bonchev–Trinajstić information content (AvgIpc) is 3.44. The van der Waals surface area contributed by atoms with Crippen molar-refractivity contribution in [3.05, 3.63) is 145 Å². The molecular weight excluding hydrogens is 557 g/mol. The molecule has 7 aromatic rings. The van der Waals surface area contributed by atoms with Crippen LogP contribution >= 0.6 is 0 Å². The van der Waals surface area contributed by atoms with Gasteiger partial charge in [-0.25, -0.2) is 9.37 Å². The molecular formula is C40H32FN3O. The maximum absolute atomic E-state index is 16.2. The van der Waals surface area contributed by atoms with E-state index in [0.717, 1.165) is 39.0 Å². The molecule has 0 saturated carbocycles. The van der Waals surface area contributed by atoms with Crippen molar-refractivity contribution in [3.63, 3.8) is 0 Å². The number of aromatic hydroxyl groups is 1. The normalized spacial score (nSPS) is 11.6. The number of phenols is 1. The van der Waals surface area contributed by atoms with Crippen LogP contribution in [0.15, 0.2) is 134 Å². The third-order valence-electron chi connectivity index (χ3n) is 8.20. The van der Waals surface area contributed by atoms with Crippen LogP contribution in [0.25, 0.3) is 61.6 Å². The Morgan fingerprint density at radius 3 is 2.09 bits per heavy atom. The molecule has 0 aliphatic rings. The highest BCUT2D eigenvalue weighted by atomic mass is 19.1. The van der Waals surface area contributed by atoms with Gasteiger partial charge >= 0.3 is 0 Å². The minimum atomic E-state index is -0.384. The predicted molar refractivity (Wildman–Crippen MR) is 181 cm³/mol. The number of para-hydroxylation sites is 3. The first-order chi connectivity index (χ1) is 21.8. The van der Waals surface area contributed by atoms with Gasteiger partial charge in [-0.1, -0.05) is 99.6 Å². The van der Waals surface area contributed by atoms with Crippen molar-refractivity contribution in [3.8, 4) is 56.3 Å². The summed E-state index contributed by atoms with van der Waals surface area (Å²) < 4.78 is 18.0. The summed E-state index contributed by atoms with van der Waals surface area (Å²) >= 11 is 0. The summed E-state index contributed by atoms with van der Waals surface area (Å²) in [5.41, 5.74) is 8.76. The van der Waals surface area contributed by atoms with Gasteiger partial charge < -0.3 is 5.11 Å². The Bertz CT molecular complexity index is 2160. The predicted octanol–water partition coefficient (Wildman–Crippen LogP) is 10.2. The van der Waals surface area contributed by atoms with E-state index in [0.29, 0.717) is 22.6 Å². The smallest absolute Gasteiger partial charge is 0.149 e. The fourth-order valence-electron chi connectivity index (χ4n) is 5.89. The molecule has 0 unspecified atom stereocenters. The van der Waals surface area contributed by atoms with Crippen LogP contribution in [-0.4, -0.2) is 19.6 Å². The average molecular weight is 590 g/mol. The summed E-state index contributed by atoms with van der Waals surface area (Å²) in [6.07, 6.45) is 1.80. The zero-order valence-corrected chi connectivity index (χ0v) is 25.4. The van der Waals surface area contributed by atoms with Gasteiger partial charge in [0.1, 0.15) is 17.4 Å². The van der Waals surface area contributed by atoms with Gasteiger partial charge in [-0.3, -0.25) is 9.55 Å². The van der Waals surface area contributed by atoms with Crippen LogP contribution in [0, 0.1) is 5.82 Å². The fraction of sp³-hybridized carbons (Fsp3) is 0.100. The minimum absolute atomic E-state index is 0.0698. The molecule has 5 heteroatoms. The molecule has 0 saturated heterocycles. The number of benzene rings is 5. The first-order valence-electron chi connectivity index (χ1n) is 15.0. The molecule has 45 heavy (non-hydrogen) atoms. The monoisotopic (exact) mass is 589 g/mol. The number of hydrogen-bond acceptors (Lipinski definition) is 3. The van der Waals surface area contributed by atoms with E-state index in [9.17, 15) is 5.11 Å².